The van der Waals surface area contributed by atoms with Crippen molar-refractivity contribution in [3.05, 3.63) is 67.8 Å². The van der Waals surface area contributed by atoms with Crippen molar-refractivity contribution in [3.63, 3.8) is 0 Å². The fraction of sp³-hybridized carbons (Fsp3) is 0. The zero-order chi connectivity index (χ0) is 16.4. The highest BCUT2D eigenvalue weighted by Crippen LogP contribution is 2.26. The van der Waals surface area contributed by atoms with Gasteiger partial charge in [0.25, 0.3) is 5.91 Å². The van der Waals surface area contributed by atoms with Gasteiger partial charge in [-0.25, -0.2) is 9.37 Å². The van der Waals surface area contributed by atoms with Gasteiger partial charge in [-0.1, -0.05) is 11.6 Å². The largest absolute Gasteiger partial charge is 0.298 e. The summed E-state index contributed by atoms with van der Waals surface area (Å²) >= 11 is 9.27. The van der Waals surface area contributed by atoms with E-state index >= 15 is 0 Å². The van der Waals surface area contributed by atoms with Gasteiger partial charge in [-0.2, -0.15) is 0 Å². The number of carbonyl (C=O) groups is 1. The predicted octanol–water partition coefficient (Wildman–Crippen LogP) is 5.46. The standard InChI is InChI=1S/C16H9ClFIN2OS/c17-10-3-6-12(13(19)7-10)15(22)21-16-20-14(8-23-16)9-1-4-11(18)5-2-9/h1-8H,(H,20,21,22). The number of carbonyl (C=O) groups excluding carboxylic acids is 1. The Morgan fingerprint density at radius 3 is 2.65 bits per heavy atom. The molecule has 0 aliphatic heterocycles. The third kappa shape index (κ3) is 3.88. The van der Waals surface area contributed by atoms with Crippen LogP contribution in [0.15, 0.2) is 47.8 Å². The number of aromatic nitrogens is 1. The van der Waals surface area contributed by atoms with E-state index in [0.29, 0.717) is 21.4 Å². The van der Waals surface area contributed by atoms with Crippen molar-refractivity contribution in [2.24, 2.45) is 0 Å². The highest BCUT2D eigenvalue weighted by atomic mass is 127. The van der Waals surface area contributed by atoms with Crippen molar-refractivity contribution in [2.45, 2.75) is 0 Å². The van der Waals surface area contributed by atoms with Gasteiger partial charge in [0.2, 0.25) is 0 Å². The van der Waals surface area contributed by atoms with Gasteiger partial charge in [0, 0.05) is 19.5 Å². The fourth-order valence-corrected chi connectivity index (χ4v) is 3.75. The summed E-state index contributed by atoms with van der Waals surface area (Å²) in [5.41, 5.74) is 2.02. The van der Waals surface area contributed by atoms with Gasteiger partial charge < -0.3 is 0 Å². The van der Waals surface area contributed by atoms with E-state index in [9.17, 15) is 9.18 Å². The number of nitrogens with one attached hydrogen (secondary N) is 1. The van der Waals surface area contributed by atoms with E-state index in [1.54, 1.807) is 30.3 Å². The van der Waals surface area contributed by atoms with Crippen molar-refractivity contribution in [3.8, 4) is 11.3 Å². The Hall–Kier alpha value is -1.51. The lowest BCUT2D eigenvalue weighted by molar-refractivity contribution is 0.102. The molecule has 1 heterocycles. The highest BCUT2D eigenvalue weighted by Gasteiger charge is 2.13. The number of anilines is 1. The lowest BCUT2D eigenvalue weighted by atomic mass is 10.2. The van der Waals surface area contributed by atoms with Crippen LogP contribution in [0.25, 0.3) is 11.3 Å². The van der Waals surface area contributed by atoms with E-state index in [2.05, 4.69) is 32.9 Å². The number of rotatable bonds is 3. The first-order chi connectivity index (χ1) is 11.0. The van der Waals surface area contributed by atoms with Crippen LogP contribution in [-0.2, 0) is 0 Å². The molecule has 3 nitrogen and oxygen atoms in total. The summed E-state index contributed by atoms with van der Waals surface area (Å²) in [6.45, 7) is 0. The van der Waals surface area contributed by atoms with Crippen molar-refractivity contribution in [1.82, 2.24) is 4.98 Å². The molecule has 3 rings (SSSR count). The summed E-state index contributed by atoms with van der Waals surface area (Å²) in [7, 11) is 0. The number of benzene rings is 2. The second-order valence-electron chi connectivity index (χ2n) is 4.62. The Balaban J connectivity index is 1.78. The molecule has 0 fully saturated rings. The Morgan fingerprint density at radius 2 is 1.96 bits per heavy atom. The second kappa shape index (κ2) is 6.94. The zero-order valence-electron chi connectivity index (χ0n) is 11.5. The zero-order valence-corrected chi connectivity index (χ0v) is 15.2. The number of hydrogen-bond donors (Lipinski definition) is 1. The predicted molar refractivity (Wildman–Crippen MR) is 99.6 cm³/mol. The van der Waals surface area contributed by atoms with Crippen molar-refractivity contribution < 1.29 is 9.18 Å². The summed E-state index contributed by atoms with van der Waals surface area (Å²) in [5.74, 6) is -0.541. The van der Waals surface area contributed by atoms with E-state index in [-0.39, 0.29) is 11.7 Å². The lowest BCUT2D eigenvalue weighted by Gasteiger charge is -2.04. The number of amides is 1. The van der Waals surface area contributed by atoms with Crippen LogP contribution in [0.4, 0.5) is 9.52 Å². The highest BCUT2D eigenvalue weighted by molar-refractivity contribution is 14.1. The van der Waals surface area contributed by atoms with Crippen LogP contribution in [0.1, 0.15) is 10.4 Å². The van der Waals surface area contributed by atoms with Gasteiger partial charge >= 0.3 is 0 Å². The van der Waals surface area contributed by atoms with Gasteiger partial charge in [0.05, 0.1) is 11.3 Å². The maximum absolute atomic E-state index is 12.9. The quantitative estimate of drug-likeness (QED) is 0.530. The Morgan fingerprint density at radius 1 is 1.22 bits per heavy atom. The molecular formula is C16H9ClFIN2OS. The van der Waals surface area contributed by atoms with Crippen molar-refractivity contribution in [1.29, 1.82) is 0 Å². The summed E-state index contributed by atoms with van der Waals surface area (Å²) in [6.07, 6.45) is 0. The van der Waals surface area contributed by atoms with Crippen LogP contribution in [0.2, 0.25) is 5.02 Å². The molecule has 0 bridgehead atoms. The minimum atomic E-state index is -0.296. The van der Waals surface area contributed by atoms with Gasteiger partial charge in [0.1, 0.15) is 5.82 Å². The normalized spacial score (nSPS) is 10.6. The van der Waals surface area contributed by atoms with Gasteiger partial charge in [-0.05, 0) is 65.1 Å². The molecule has 0 unspecified atom stereocenters. The molecule has 0 atom stereocenters. The monoisotopic (exact) mass is 458 g/mol. The molecular weight excluding hydrogens is 450 g/mol. The number of thiazole rings is 1. The number of nitrogens with zero attached hydrogens (tertiary/aromatic N) is 1. The molecule has 0 aliphatic rings. The summed E-state index contributed by atoms with van der Waals surface area (Å²) in [5, 5.41) is 5.65. The van der Waals surface area contributed by atoms with E-state index in [4.69, 9.17) is 11.6 Å². The molecule has 0 radical (unpaired) electrons. The molecule has 0 aliphatic carbocycles. The third-order valence-corrected chi connectivity index (χ3v) is 4.93. The second-order valence-corrected chi connectivity index (χ2v) is 7.08. The van der Waals surface area contributed by atoms with E-state index < -0.39 is 0 Å². The van der Waals surface area contributed by atoms with Gasteiger partial charge in [-0.3, -0.25) is 10.1 Å². The average Bonchev–Trinajstić information content (AvgIpc) is 2.96. The van der Waals surface area contributed by atoms with Gasteiger partial charge in [-0.15, -0.1) is 11.3 Å². The molecule has 0 saturated heterocycles. The first-order valence-corrected chi connectivity index (χ1v) is 8.84. The minimum Gasteiger partial charge on any atom is -0.298 e. The van der Waals surface area contributed by atoms with Crippen LogP contribution < -0.4 is 5.32 Å². The molecule has 1 amide bonds. The Kier molecular flexibility index (Phi) is 4.93. The lowest BCUT2D eigenvalue weighted by Crippen LogP contribution is -2.13. The van der Waals surface area contributed by atoms with Crippen LogP contribution >= 0.6 is 45.5 Å². The maximum Gasteiger partial charge on any atom is 0.258 e. The molecule has 3 aromatic rings. The first kappa shape index (κ1) is 16.4. The number of halogens is 3. The topological polar surface area (TPSA) is 42.0 Å². The van der Waals surface area contributed by atoms with Gasteiger partial charge in [0.15, 0.2) is 5.13 Å². The number of hydrogen-bond acceptors (Lipinski definition) is 3. The van der Waals surface area contributed by atoms with Crippen LogP contribution in [0, 0.1) is 9.39 Å². The Labute approximate surface area is 154 Å². The van der Waals surface area contributed by atoms with E-state index in [0.717, 1.165) is 9.13 Å². The summed E-state index contributed by atoms with van der Waals surface area (Å²) < 4.78 is 13.7. The minimum absolute atomic E-state index is 0.244. The summed E-state index contributed by atoms with van der Waals surface area (Å²) in [4.78, 5) is 16.7. The smallest absolute Gasteiger partial charge is 0.258 e. The van der Waals surface area contributed by atoms with Crippen LogP contribution in [-0.4, -0.2) is 10.9 Å². The third-order valence-electron chi connectivity index (χ3n) is 3.04. The first-order valence-electron chi connectivity index (χ1n) is 6.51. The molecule has 7 heteroatoms. The SMILES string of the molecule is O=C(Nc1nc(-c2ccc(F)cc2)cs1)c1ccc(Cl)cc1I. The molecule has 1 aromatic heterocycles. The molecule has 2 aromatic carbocycles. The van der Waals surface area contributed by atoms with Crippen molar-refractivity contribution in [2.75, 3.05) is 5.32 Å². The summed E-state index contributed by atoms with van der Waals surface area (Å²) in [6, 6.07) is 11.1. The fourth-order valence-electron chi connectivity index (χ4n) is 1.92. The van der Waals surface area contributed by atoms with Crippen LogP contribution in [0.5, 0.6) is 0 Å². The molecule has 0 spiro atoms. The van der Waals surface area contributed by atoms with Crippen molar-refractivity contribution >= 4 is 56.6 Å². The molecule has 1 N–H and O–H groups in total. The van der Waals surface area contributed by atoms with E-state index in [1.165, 1.54) is 23.5 Å². The maximum atomic E-state index is 12.9. The molecule has 0 saturated carbocycles. The average molecular weight is 459 g/mol. The molecule has 116 valence electrons. The van der Waals surface area contributed by atoms with E-state index in [1.807, 2.05) is 5.38 Å². The molecule has 23 heavy (non-hydrogen) atoms. The Bertz CT molecular complexity index is 867. The van der Waals surface area contributed by atoms with Crippen LogP contribution in [0.3, 0.4) is 0 Å².